The van der Waals surface area contributed by atoms with Crippen LogP contribution < -0.4 is 5.32 Å². The molecule has 6 heteroatoms. The van der Waals surface area contributed by atoms with Crippen LogP contribution in [0.4, 0.5) is 0 Å². The standard InChI is InChI=1S/C12H20N2O3S/c1-2-8-3-4-13-9(5-8)11(15)14-7-18-6-10(14)12(16)17/h8-10,13H,2-7H2,1H3,(H,16,17). The van der Waals surface area contributed by atoms with Crippen molar-refractivity contribution in [2.24, 2.45) is 5.92 Å². The molecule has 0 aromatic rings. The Hall–Kier alpha value is -0.750. The van der Waals surface area contributed by atoms with Crippen molar-refractivity contribution < 1.29 is 14.7 Å². The van der Waals surface area contributed by atoms with Crippen LogP contribution in [0.25, 0.3) is 0 Å². The Labute approximate surface area is 111 Å². The molecule has 3 atom stereocenters. The Balaban J connectivity index is 1.99. The number of carbonyl (C=O) groups is 2. The molecular formula is C12H20N2O3S. The highest BCUT2D eigenvalue weighted by atomic mass is 32.2. The maximum atomic E-state index is 12.4. The monoisotopic (exact) mass is 272 g/mol. The van der Waals surface area contributed by atoms with Crippen LogP contribution in [0.15, 0.2) is 0 Å². The molecule has 0 aromatic carbocycles. The number of nitrogens with one attached hydrogen (secondary N) is 1. The number of rotatable bonds is 3. The summed E-state index contributed by atoms with van der Waals surface area (Å²) in [6.07, 6.45) is 3.03. The van der Waals surface area contributed by atoms with Crippen LogP contribution in [0.5, 0.6) is 0 Å². The fraction of sp³-hybridized carbons (Fsp3) is 0.833. The van der Waals surface area contributed by atoms with E-state index >= 15 is 0 Å². The quantitative estimate of drug-likeness (QED) is 0.793. The SMILES string of the molecule is CCC1CCNC(C(=O)N2CSCC2C(=O)O)C1. The predicted molar refractivity (Wildman–Crippen MR) is 70.4 cm³/mol. The lowest BCUT2D eigenvalue weighted by Gasteiger charge is -2.32. The molecule has 3 unspecified atom stereocenters. The van der Waals surface area contributed by atoms with Gasteiger partial charge in [-0.15, -0.1) is 11.8 Å². The number of carbonyl (C=O) groups excluding carboxylic acids is 1. The van der Waals surface area contributed by atoms with Crippen molar-refractivity contribution in [3.05, 3.63) is 0 Å². The van der Waals surface area contributed by atoms with Gasteiger partial charge in [0.15, 0.2) is 0 Å². The zero-order chi connectivity index (χ0) is 13.1. The Bertz CT molecular complexity index is 337. The summed E-state index contributed by atoms with van der Waals surface area (Å²) in [5, 5.41) is 12.3. The topological polar surface area (TPSA) is 69.6 Å². The van der Waals surface area contributed by atoms with Crippen molar-refractivity contribution in [1.29, 1.82) is 0 Å². The average molecular weight is 272 g/mol. The molecule has 2 aliphatic rings. The van der Waals surface area contributed by atoms with Crippen LogP contribution in [0, 0.1) is 5.92 Å². The normalized spacial score (nSPS) is 32.5. The minimum Gasteiger partial charge on any atom is -0.480 e. The van der Waals surface area contributed by atoms with Crippen molar-refractivity contribution in [1.82, 2.24) is 10.2 Å². The summed E-state index contributed by atoms with van der Waals surface area (Å²) in [5.41, 5.74) is 0. The highest BCUT2D eigenvalue weighted by molar-refractivity contribution is 7.99. The van der Waals surface area contributed by atoms with Gasteiger partial charge in [0.05, 0.1) is 11.9 Å². The first kappa shape index (κ1) is 13.7. The van der Waals surface area contributed by atoms with E-state index in [4.69, 9.17) is 5.11 Å². The van der Waals surface area contributed by atoms with Crippen LogP contribution in [0.1, 0.15) is 26.2 Å². The molecule has 0 aromatic heterocycles. The molecule has 0 bridgehead atoms. The summed E-state index contributed by atoms with van der Waals surface area (Å²) in [5.74, 6) is 0.663. The van der Waals surface area contributed by atoms with Gasteiger partial charge < -0.3 is 15.3 Å². The number of carboxylic acids is 1. The number of piperidine rings is 1. The maximum Gasteiger partial charge on any atom is 0.327 e. The second-order valence-corrected chi connectivity index (χ2v) is 5.97. The molecule has 2 heterocycles. The molecule has 0 saturated carbocycles. The summed E-state index contributed by atoms with van der Waals surface area (Å²) in [7, 11) is 0. The molecule has 2 N–H and O–H groups in total. The van der Waals surface area contributed by atoms with Crippen molar-refractivity contribution >= 4 is 23.6 Å². The smallest absolute Gasteiger partial charge is 0.327 e. The molecule has 0 radical (unpaired) electrons. The predicted octanol–water partition coefficient (Wildman–Crippen LogP) is 0.751. The summed E-state index contributed by atoms with van der Waals surface area (Å²) in [4.78, 5) is 25.0. The van der Waals surface area contributed by atoms with Gasteiger partial charge in [-0.25, -0.2) is 4.79 Å². The van der Waals surface area contributed by atoms with Crippen LogP contribution >= 0.6 is 11.8 Å². The summed E-state index contributed by atoms with van der Waals surface area (Å²) in [6.45, 7) is 3.00. The molecule has 2 rings (SSSR count). The second-order valence-electron chi connectivity index (χ2n) is 4.97. The Morgan fingerprint density at radius 1 is 1.50 bits per heavy atom. The van der Waals surface area contributed by atoms with E-state index in [9.17, 15) is 9.59 Å². The summed E-state index contributed by atoms with van der Waals surface area (Å²) < 4.78 is 0. The van der Waals surface area contributed by atoms with Gasteiger partial charge in [-0.3, -0.25) is 4.79 Å². The lowest BCUT2D eigenvalue weighted by Crippen LogP contribution is -2.53. The van der Waals surface area contributed by atoms with Crippen molar-refractivity contribution in [3.8, 4) is 0 Å². The number of nitrogens with zero attached hydrogens (tertiary/aromatic N) is 1. The lowest BCUT2D eigenvalue weighted by molar-refractivity contribution is -0.148. The highest BCUT2D eigenvalue weighted by Gasteiger charge is 2.38. The minimum absolute atomic E-state index is 0.0365. The molecule has 102 valence electrons. The van der Waals surface area contributed by atoms with Gasteiger partial charge in [-0.1, -0.05) is 13.3 Å². The van der Waals surface area contributed by atoms with Gasteiger partial charge in [-0.05, 0) is 25.3 Å². The Morgan fingerprint density at radius 2 is 2.28 bits per heavy atom. The molecule has 18 heavy (non-hydrogen) atoms. The van der Waals surface area contributed by atoms with Gasteiger partial charge in [0.2, 0.25) is 5.91 Å². The average Bonchev–Trinajstić information content (AvgIpc) is 2.87. The summed E-state index contributed by atoms with van der Waals surface area (Å²) in [6, 6.07) is -0.837. The van der Waals surface area contributed by atoms with Crippen molar-refractivity contribution in [2.75, 3.05) is 18.2 Å². The van der Waals surface area contributed by atoms with Gasteiger partial charge in [0.25, 0.3) is 0 Å². The zero-order valence-corrected chi connectivity index (χ0v) is 11.4. The Kier molecular flexibility index (Phi) is 4.50. The molecule has 2 aliphatic heterocycles. The van der Waals surface area contributed by atoms with Crippen LogP contribution in [-0.4, -0.2) is 52.1 Å². The van der Waals surface area contributed by atoms with Gasteiger partial charge in [0.1, 0.15) is 6.04 Å². The number of thioether (sulfide) groups is 1. The number of aliphatic carboxylic acids is 1. The van der Waals surface area contributed by atoms with E-state index in [1.807, 2.05) is 0 Å². The van der Waals surface area contributed by atoms with Gasteiger partial charge in [-0.2, -0.15) is 0 Å². The number of hydrogen-bond donors (Lipinski definition) is 2. The first-order valence-electron chi connectivity index (χ1n) is 6.48. The lowest BCUT2D eigenvalue weighted by atomic mass is 9.90. The maximum absolute atomic E-state index is 12.4. The van der Waals surface area contributed by atoms with E-state index in [0.717, 1.165) is 25.8 Å². The van der Waals surface area contributed by atoms with Crippen molar-refractivity contribution in [3.63, 3.8) is 0 Å². The van der Waals surface area contributed by atoms with Crippen LogP contribution in [0.3, 0.4) is 0 Å². The zero-order valence-electron chi connectivity index (χ0n) is 10.6. The largest absolute Gasteiger partial charge is 0.480 e. The third-order valence-electron chi connectivity index (χ3n) is 3.84. The second kappa shape index (κ2) is 5.93. The number of carboxylic acid groups (broad SMARTS) is 1. The molecule has 0 aliphatic carbocycles. The first-order chi connectivity index (χ1) is 8.63. The molecule has 2 fully saturated rings. The van der Waals surface area contributed by atoms with Gasteiger partial charge in [0, 0.05) is 5.75 Å². The fourth-order valence-electron chi connectivity index (χ4n) is 2.62. The number of hydrogen-bond acceptors (Lipinski definition) is 4. The van der Waals surface area contributed by atoms with Gasteiger partial charge >= 0.3 is 5.97 Å². The van der Waals surface area contributed by atoms with E-state index in [1.54, 1.807) is 0 Å². The summed E-state index contributed by atoms with van der Waals surface area (Å²) >= 11 is 1.51. The van der Waals surface area contributed by atoms with E-state index in [1.165, 1.54) is 16.7 Å². The van der Waals surface area contributed by atoms with Crippen LogP contribution in [-0.2, 0) is 9.59 Å². The molecule has 5 nitrogen and oxygen atoms in total. The molecular weight excluding hydrogens is 252 g/mol. The molecule has 0 spiro atoms. The van der Waals surface area contributed by atoms with Crippen LogP contribution in [0.2, 0.25) is 0 Å². The van der Waals surface area contributed by atoms with Crippen molar-refractivity contribution in [2.45, 2.75) is 38.3 Å². The van der Waals surface area contributed by atoms with E-state index < -0.39 is 12.0 Å². The van der Waals surface area contributed by atoms with E-state index in [-0.39, 0.29) is 11.9 Å². The first-order valence-corrected chi connectivity index (χ1v) is 7.63. The minimum atomic E-state index is -0.892. The highest BCUT2D eigenvalue weighted by Crippen LogP contribution is 2.25. The third kappa shape index (κ3) is 2.80. The van der Waals surface area contributed by atoms with E-state index in [2.05, 4.69) is 12.2 Å². The number of amides is 1. The third-order valence-corrected chi connectivity index (χ3v) is 4.85. The van der Waals surface area contributed by atoms with E-state index in [0.29, 0.717) is 17.5 Å². The Morgan fingerprint density at radius 3 is 2.94 bits per heavy atom. The fourth-order valence-corrected chi connectivity index (χ4v) is 3.77. The molecule has 1 amide bonds. The molecule has 2 saturated heterocycles.